The topological polar surface area (TPSA) is 51.2 Å². The third-order valence-corrected chi connectivity index (χ3v) is 6.01. The van der Waals surface area contributed by atoms with Crippen molar-refractivity contribution in [3.8, 4) is 28.4 Å². The van der Waals surface area contributed by atoms with Crippen molar-refractivity contribution in [1.29, 1.82) is 0 Å². The Hall–Kier alpha value is -2.73. The van der Waals surface area contributed by atoms with E-state index in [1.54, 1.807) is 19.1 Å². The van der Waals surface area contributed by atoms with Gasteiger partial charge in [0.15, 0.2) is 17.6 Å². The van der Waals surface area contributed by atoms with Crippen molar-refractivity contribution >= 4 is 5.91 Å². The third kappa shape index (κ3) is 4.10. The molecule has 2 saturated heterocycles. The van der Waals surface area contributed by atoms with Crippen LogP contribution in [-0.4, -0.2) is 62.7 Å². The van der Waals surface area contributed by atoms with Crippen LogP contribution in [0.2, 0.25) is 0 Å². The summed E-state index contributed by atoms with van der Waals surface area (Å²) in [5.41, 5.74) is 3.12. The highest BCUT2D eigenvalue weighted by Crippen LogP contribution is 2.39. The summed E-state index contributed by atoms with van der Waals surface area (Å²) in [5, 5.41) is 0. The number of para-hydroxylation sites is 1. The van der Waals surface area contributed by atoms with E-state index in [0.717, 1.165) is 55.0 Å². The minimum atomic E-state index is -0.399. The van der Waals surface area contributed by atoms with E-state index in [2.05, 4.69) is 11.0 Å². The zero-order valence-corrected chi connectivity index (χ0v) is 18.0. The van der Waals surface area contributed by atoms with Crippen LogP contribution in [0, 0.1) is 0 Å². The fourth-order valence-corrected chi connectivity index (χ4v) is 4.33. The predicted octanol–water partition coefficient (Wildman–Crippen LogP) is 3.58. The van der Waals surface area contributed by atoms with Gasteiger partial charge in [-0.1, -0.05) is 18.2 Å². The molecule has 0 spiro atoms. The van der Waals surface area contributed by atoms with Gasteiger partial charge in [0.05, 0.1) is 14.2 Å². The van der Waals surface area contributed by atoms with Crippen molar-refractivity contribution in [2.45, 2.75) is 31.9 Å². The first-order chi connectivity index (χ1) is 14.6. The first-order valence-corrected chi connectivity index (χ1v) is 10.6. The Morgan fingerprint density at radius 1 is 1.00 bits per heavy atom. The maximum absolute atomic E-state index is 12.4. The fourth-order valence-electron chi connectivity index (χ4n) is 4.33. The van der Waals surface area contributed by atoms with Crippen LogP contribution in [-0.2, 0) is 11.3 Å². The number of carbonyl (C=O) groups excluding carboxylic acids is 1. The molecule has 2 heterocycles. The predicted molar refractivity (Wildman–Crippen MR) is 116 cm³/mol. The number of hydrogen-bond acceptors (Lipinski definition) is 5. The van der Waals surface area contributed by atoms with Crippen molar-refractivity contribution in [1.82, 2.24) is 9.80 Å². The largest absolute Gasteiger partial charge is 0.493 e. The monoisotopic (exact) mass is 410 g/mol. The number of likely N-dealkylation sites (tertiary alicyclic amines) is 2. The molecule has 0 bridgehead atoms. The first-order valence-electron chi connectivity index (χ1n) is 10.6. The number of carbonyl (C=O) groups is 1. The van der Waals surface area contributed by atoms with Crippen molar-refractivity contribution in [3.05, 3.63) is 42.0 Å². The molecule has 0 aliphatic carbocycles. The number of methoxy groups -OCH3 is 2. The van der Waals surface area contributed by atoms with Gasteiger partial charge in [-0.2, -0.15) is 0 Å². The molecular weight excluding hydrogens is 380 g/mol. The van der Waals surface area contributed by atoms with Gasteiger partial charge < -0.3 is 19.1 Å². The van der Waals surface area contributed by atoms with E-state index in [9.17, 15) is 4.79 Å². The van der Waals surface area contributed by atoms with E-state index in [1.807, 2.05) is 37.4 Å². The van der Waals surface area contributed by atoms with Crippen molar-refractivity contribution < 1.29 is 19.0 Å². The molecule has 0 aromatic heterocycles. The van der Waals surface area contributed by atoms with Crippen LogP contribution in [0.3, 0.4) is 0 Å². The smallest absolute Gasteiger partial charge is 0.263 e. The van der Waals surface area contributed by atoms with Crippen molar-refractivity contribution in [2.75, 3.05) is 40.9 Å². The molecule has 2 aliphatic heterocycles. The number of nitrogens with zero attached hydrogens (tertiary/aromatic N) is 2. The average molecular weight is 411 g/mol. The number of likely N-dealkylation sites (N-methyl/N-ethyl adjacent to an activating group) is 1. The van der Waals surface area contributed by atoms with Crippen LogP contribution in [0.25, 0.3) is 11.1 Å². The summed E-state index contributed by atoms with van der Waals surface area (Å²) in [6.07, 6.45) is 2.78. The van der Waals surface area contributed by atoms with Crippen LogP contribution < -0.4 is 14.2 Å². The quantitative estimate of drug-likeness (QED) is 0.698. The Bertz CT molecular complexity index is 908. The van der Waals surface area contributed by atoms with Crippen molar-refractivity contribution in [2.24, 2.45) is 0 Å². The van der Waals surface area contributed by atoms with Gasteiger partial charge in [-0.05, 0) is 49.7 Å². The summed E-state index contributed by atoms with van der Waals surface area (Å²) in [4.78, 5) is 16.5. The molecule has 4 rings (SSSR count). The molecule has 1 amide bonds. The zero-order valence-electron chi connectivity index (χ0n) is 18.0. The fraction of sp³-hybridized carbons (Fsp3) is 0.458. The van der Waals surface area contributed by atoms with Crippen LogP contribution in [0.15, 0.2) is 36.4 Å². The second kappa shape index (κ2) is 8.96. The number of hydrogen-bond donors (Lipinski definition) is 0. The molecule has 0 saturated carbocycles. The van der Waals surface area contributed by atoms with E-state index in [1.165, 1.54) is 12.8 Å². The average Bonchev–Trinajstić information content (AvgIpc) is 3.39. The van der Waals surface area contributed by atoms with Crippen LogP contribution in [0.5, 0.6) is 17.2 Å². The summed E-state index contributed by atoms with van der Waals surface area (Å²) in [6, 6.07) is 12.1. The Labute approximate surface area is 178 Å². The van der Waals surface area contributed by atoms with Crippen LogP contribution >= 0.6 is 0 Å². The maximum Gasteiger partial charge on any atom is 0.263 e. The molecule has 1 atom stereocenters. The minimum absolute atomic E-state index is 0.0562. The Morgan fingerprint density at radius 3 is 2.47 bits per heavy atom. The molecule has 1 unspecified atom stereocenters. The van der Waals surface area contributed by atoms with Crippen molar-refractivity contribution in [3.63, 3.8) is 0 Å². The van der Waals surface area contributed by atoms with Gasteiger partial charge >= 0.3 is 0 Å². The lowest BCUT2D eigenvalue weighted by Gasteiger charge is -2.21. The van der Waals surface area contributed by atoms with Gasteiger partial charge in [0.25, 0.3) is 5.91 Å². The van der Waals surface area contributed by atoms with Crippen LogP contribution in [0.4, 0.5) is 0 Å². The first kappa shape index (κ1) is 20.5. The molecule has 2 aromatic carbocycles. The second-order valence-electron chi connectivity index (χ2n) is 8.00. The molecule has 0 N–H and O–H groups in total. The number of ether oxygens (including phenoxy) is 3. The van der Waals surface area contributed by atoms with E-state index in [-0.39, 0.29) is 5.91 Å². The normalized spacial score (nSPS) is 19.4. The minimum Gasteiger partial charge on any atom is -0.493 e. The summed E-state index contributed by atoms with van der Waals surface area (Å²) in [5.74, 6) is 2.27. The molecule has 160 valence electrons. The van der Waals surface area contributed by atoms with E-state index in [4.69, 9.17) is 14.2 Å². The second-order valence-corrected chi connectivity index (χ2v) is 8.00. The summed E-state index contributed by atoms with van der Waals surface area (Å²) >= 11 is 0. The van der Waals surface area contributed by atoms with Crippen LogP contribution in [0.1, 0.15) is 24.8 Å². The summed E-state index contributed by atoms with van der Waals surface area (Å²) in [7, 11) is 5.13. The number of benzene rings is 2. The molecule has 0 radical (unpaired) electrons. The molecular formula is C24H30N2O4. The maximum atomic E-state index is 12.4. The molecule has 30 heavy (non-hydrogen) atoms. The lowest BCUT2D eigenvalue weighted by Crippen LogP contribution is -2.30. The van der Waals surface area contributed by atoms with Gasteiger partial charge in [0.2, 0.25) is 0 Å². The molecule has 2 aliphatic rings. The van der Waals surface area contributed by atoms with Gasteiger partial charge in [-0.25, -0.2) is 0 Å². The zero-order chi connectivity index (χ0) is 21.1. The van der Waals surface area contributed by atoms with Gasteiger partial charge in [-0.3, -0.25) is 9.69 Å². The summed E-state index contributed by atoms with van der Waals surface area (Å²) < 4.78 is 17.3. The van der Waals surface area contributed by atoms with E-state index >= 15 is 0 Å². The standard InChI is InChI=1S/C24H30N2O4/c1-25-14-11-22(24(25)27)30-20-10-9-17(15-18(20)16-26-12-4-5-13-26)19-7-6-8-21(28-2)23(19)29-3/h6-10,15,22H,4-5,11-14,16H2,1-3H3. The molecule has 6 heteroatoms. The molecule has 6 nitrogen and oxygen atoms in total. The Kier molecular flexibility index (Phi) is 6.13. The Balaban J connectivity index is 1.69. The highest BCUT2D eigenvalue weighted by atomic mass is 16.5. The highest BCUT2D eigenvalue weighted by Gasteiger charge is 2.31. The van der Waals surface area contributed by atoms with E-state index in [0.29, 0.717) is 11.5 Å². The number of amides is 1. The van der Waals surface area contributed by atoms with E-state index < -0.39 is 6.10 Å². The third-order valence-electron chi connectivity index (χ3n) is 6.01. The molecule has 2 aromatic rings. The molecule has 2 fully saturated rings. The SMILES string of the molecule is COc1cccc(-c2ccc(OC3CCN(C)C3=O)c(CN3CCCC3)c2)c1OC. The van der Waals surface area contributed by atoms with Gasteiger partial charge in [0, 0.05) is 37.7 Å². The van der Waals surface area contributed by atoms with Gasteiger partial charge in [0.1, 0.15) is 5.75 Å². The summed E-state index contributed by atoms with van der Waals surface area (Å²) in [6.45, 7) is 3.74. The lowest BCUT2D eigenvalue weighted by atomic mass is 10.0. The Morgan fingerprint density at radius 2 is 1.80 bits per heavy atom. The highest BCUT2D eigenvalue weighted by molar-refractivity contribution is 5.83. The number of rotatable bonds is 7. The van der Waals surface area contributed by atoms with Gasteiger partial charge in [-0.15, -0.1) is 0 Å². The lowest BCUT2D eigenvalue weighted by molar-refractivity contribution is -0.132.